The second kappa shape index (κ2) is 11.7. The SMILES string of the molecule is C=C(C)C(=O)OCCOCCOCCNC(=O)Oc1ccc(O)c2ccccc12. The van der Waals surface area contributed by atoms with E-state index in [1.54, 1.807) is 37.3 Å². The molecule has 0 bridgehead atoms. The summed E-state index contributed by atoms with van der Waals surface area (Å²) in [6, 6.07) is 10.1. The monoisotopic (exact) mass is 403 g/mol. The van der Waals surface area contributed by atoms with Crippen molar-refractivity contribution in [2.24, 2.45) is 0 Å². The van der Waals surface area contributed by atoms with Crippen LogP contribution < -0.4 is 10.1 Å². The molecule has 0 saturated carbocycles. The molecule has 0 unspecified atom stereocenters. The molecular formula is C21H25NO7. The topological polar surface area (TPSA) is 103 Å². The molecule has 0 aromatic heterocycles. The summed E-state index contributed by atoms with van der Waals surface area (Å²) in [6.07, 6.45) is -0.611. The maximum Gasteiger partial charge on any atom is 0.412 e. The maximum atomic E-state index is 11.9. The van der Waals surface area contributed by atoms with Gasteiger partial charge in [-0.1, -0.05) is 30.8 Å². The van der Waals surface area contributed by atoms with Gasteiger partial charge in [-0.25, -0.2) is 9.59 Å². The van der Waals surface area contributed by atoms with Crippen molar-refractivity contribution in [1.82, 2.24) is 5.32 Å². The average molecular weight is 403 g/mol. The van der Waals surface area contributed by atoms with Crippen molar-refractivity contribution in [3.8, 4) is 11.5 Å². The fourth-order valence-corrected chi connectivity index (χ4v) is 2.34. The van der Waals surface area contributed by atoms with E-state index in [4.69, 9.17) is 18.9 Å². The Bertz CT molecular complexity index is 850. The summed E-state index contributed by atoms with van der Waals surface area (Å²) >= 11 is 0. The number of amides is 1. The highest BCUT2D eigenvalue weighted by molar-refractivity contribution is 5.94. The van der Waals surface area contributed by atoms with Gasteiger partial charge in [-0.2, -0.15) is 0 Å². The standard InChI is InChI=1S/C21H25NO7/c1-15(2)20(24)28-14-13-27-12-11-26-10-9-22-21(25)29-19-8-7-18(23)16-5-3-4-6-17(16)19/h3-8,23H,1,9-14H2,2H3,(H,22,25). The molecule has 0 spiro atoms. The molecule has 0 radical (unpaired) electrons. The molecule has 0 aliphatic carbocycles. The van der Waals surface area contributed by atoms with Crippen LogP contribution in [0, 0.1) is 0 Å². The number of phenols is 1. The van der Waals surface area contributed by atoms with Gasteiger partial charge in [-0.15, -0.1) is 0 Å². The van der Waals surface area contributed by atoms with Crippen LogP contribution in [0.1, 0.15) is 6.92 Å². The van der Waals surface area contributed by atoms with Crippen LogP contribution >= 0.6 is 0 Å². The third-order valence-corrected chi connectivity index (χ3v) is 3.76. The molecule has 2 rings (SSSR count). The number of benzene rings is 2. The molecule has 8 nitrogen and oxygen atoms in total. The zero-order chi connectivity index (χ0) is 21.1. The van der Waals surface area contributed by atoms with Gasteiger partial charge in [0.2, 0.25) is 0 Å². The van der Waals surface area contributed by atoms with Gasteiger partial charge in [-0.05, 0) is 19.1 Å². The number of carbonyl (C=O) groups is 2. The summed E-state index contributed by atoms with van der Waals surface area (Å²) < 4.78 is 20.8. The van der Waals surface area contributed by atoms with Crippen LogP contribution in [0.2, 0.25) is 0 Å². The van der Waals surface area contributed by atoms with Crippen molar-refractivity contribution in [3.05, 3.63) is 48.6 Å². The number of nitrogens with one attached hydrogen (secondary N) is 1. The third kappa shape index (κ3) is 7.44. The molecule has 29 heavy (non-hydrogen) atoms. The molecule has 0 fully saturated rings. The van der Waals surface area contributed by atoms with E-state index in [0.717, 1.165) is 0 Å². The van der Waals surface area contributed by atoms with Gasteiger partial charge in [0.1, 0.15) is 18.1 Å². The van der Waals surface area contributed by atoms with E-state index in [0.29, 0.717) is 41.9 Å². The Labute approximate surface area is 169 Å². The molecule has 0 heterocycles. The second-order valence-corrected chi connectivity index (χ2v) is 6.09. The first-order valence-electron chi connectivity index (χ1n) is 9.13. The van der Waals surface area contributed by atoms with E-state index in [1.165, 1.54) is 6.07 Å². The lowest BCUT2D eigenvalue weighted by molar-refractivity contribution is -0.140. The van der Waals surface area contributed by atoms with E-state index < -0.39 is 12.1 Å². The molecule has 0 aliphatic rings. The molecule has 0 saturated heterocycles. The van der Waals surface area contributed by atoms with E-state index >= 15 is 0 Å². The van der Waals surface area contributed by atoms with Gasteiger partial charge >= 0.3 is 12.1 Å². The number of phenolic OH excluding ortho intramolecular Hbond substituents is 1. The fourth-order valence-electron chi connectivity index (χ4n) is 2.34. The molecule has 2 aromatic carbocycles. The Morgan fingerprint density at radius 1 is 0.966 bits per heavy atom. The predicted octanol–water partition coefficient (Wildman–Crippen LogP) is 2.79. The second-order valence-electron chi connectivity index (χ2n) is 6.09. The smallest absolute Gasteiger partial charge is 0.412 e. The van der Waals surface area contributed by atoms with Gasteiger partial charge in [0.25, 0.3) is 0 Å². The predicted molar refractivity (Wildman–Crippen MR) is 107 cm³/mol. The highest BCUT2D eigenvalue weighted by atomic mass is 16.6. The van der Waals surface area contributed by atoms with Gasteiger partial charge < -0.3 is 29.4 Å². The van der Waals surface area contributed by atoms with Crippen LogP contribution in [0.4, 0.5) is 4.79 Å². The van der Waals surface area contributed by atoms with E-state index in [-0.39, 0.29) is 25.5 Å². The number of esters is 1. The lowest BCUT2D eigenvalue weighted by atomic mass is 10.1. The molecule has 2 N–H and O–H groups in total. The minimum Gasteiger partial charge on any atom is -0.507 e. The van der Waals surface area contributed by atoms with Gasteiger partial charge in [0.15, 0.2) is 0 Å². The van der Waals surface area contributed by atoms with Crippen LogP contribution in [-0.2, 0) is 19.0 Å². The van der Waals surface area contributed by atoms with Crippen molar-refractivity contribution in [1.29, 1.82) is 0 Å². The number of rotatable bonds is 11. The Morgan fingerprint density at radius 2 is 1.62 bits per heavy atom. The lowest BCUT2D eigenvalue weighted by Gasteiger charge is -2.10. The first kappa shape index (κ1) is 22.2. The molecule has 156 valence electrons. The minimum absolute atomic E-state index is 0.123. The van der Waals surface area contributed by atoms with E-state index in [1.807, 2.05) is 0 Å². The molecular weight excluding hydrogens is 378 g/mol. The van der Waals surface area contributed by atoms with Crippen LogP contribution in [0.3, 0.4) is 0 Å². The fraction of sp³-hybridized carbons (Fsp3) is 0.333. The first-order valence-corrected chi connectivity index (χ1v) is 9.13. The largest absolute Gasteiger partial charge is 0.507 e. The number of hydrogen-bond acceptors (Lipinski definition) is 7. The summed E-state index contributed by atoms with van der Waals surface area (Å²) in [5.74, 6) is 0.0404. The van der Waals surface area contributed by atoms with Crippen molar-refractivity contribution in [2.45, 2.75) is 6.92 Å². The normalized spacial score (nSPS) is 10.5. The van der Waals surface area contributed by atoms with Crippen molar-refractivity contribution >= 4 is 22.8 Å². The van der Waals surface area contributed by atoms with E-state index in [9.17, 15) is 14.7 Å². The van der Waals surface area contributed by atoms with Gasteiger partial charge in [0, 0.05) is 22.9 Å². The quantitative estimate of drug-likeness (QED) is 0.338. The molecule has 0 aliphatic heterocycles. The Morgan fingerprint density at radius 3 is 2.34 bits per heavy atom. The van der Waals surface area contributed by atoms with Crippen LogP contribution in [0.5, 0.6) is 11.5 Å². The summed E-state index contributed by atoms with van der Waals surface area (Å²) in [7, 11) is 0. The molecule has 1 amide bonds. The number of fused-ring (bicyclic) bond motifs is 1. The zero-order valence-corrected chi connectivity index (χ0v) is 16.3. The van der Waals surface area contributed by atoms with E-state index in [2.05, 4.69) is 11.9 Å². The Hall–Kier alpha value is -3.10. The van der Waals surface area contributed by atoms with Crippen molar-refractivity contribution in [3.63, 3.8) is 0 Å². The van der Waals surface area contributed by atoms with Crippen molar-refractivity contribution in [2.75, 3.05) is 39.6 Å². The Kier molecular flexibility index (Phi) is 8.94. The average Bonchev–Trinajstić information content (AvgIpc) is 2.71. The number of ether oxygens (including phenoxy) is 4. The minimum atomic E-state index is -0.611. The van der Waals surface area contributed by atoms with Crippen molar-refractivity contribution < 1.29 is 33.6 Å². The number of aromatic hydroxyl groups is 1. The highest BCUT2D eigenvalue weighted by Crippen LogP contribution is 2.32. The Balaban J connectivity index is 1.56. The third-order valence-electron chi connectivity index (χ3n) is 3.76. The maximum absolute atomic E-state index is 11.9. The van der Waals surface area contributed by atoms with Gasteiger partial charge in [0.05, 0.1) is 26.4 Å². The lowest BCUT2D eigenvalue weighted by Crippen LogP contribution is -2.30. The van der Waals surface area contributed by atoms with Crippen LogP contribution in [-0.4, -0.2) is 56.7 Å². The van der Waals surface area contributed by atoms with Crippen LogP contribution in [0.25, 0.3) is 10.8 Å². The zero-order valence-electron chi connectivity index (χ0n) is 16.3. The first-order chi connectivity index (χ1) is 14.0. The highest BCUT2D eigenvalue weighted by Gasteiger charge is 2.09. The summed E-state index contributed by atoms with van der Waals surface area (Å²) in [4.78, 5) is 23.1. The molecule has 2 aromatic rings. The number of hydrogen-bond donors (Lipinski definition) is 2. The van der Waals surface area contributed by atoms with Gasteiger partial charge in [-0.3, -0.25) is 0 Å². The summed E-state index contributed by atoms with van der Waals surface area (Å²) in [5, 5.41) is 13.7. The molecule has 0 atom stereocenters. The van der Waals surface area contributed by atoms with Crippen LogP contribution in [0.15, 0.2) is 48.6 Å². The summed E-state index contributed by atoms with van der Waals surface area (Å²) in [5.41, 5.74) is 0.345. The number of carbonyl (C=O) groups excluding carboxylic acids is 2. The molecule has 8 heteroatoms. The summed E-state index contributed by atoms with van der Waals surface area (Å²) in [6.45, 7) is 6.73.